The monoisotopic (exact) mass is 226 g/mol. The molecule has 0 aromatic carbocycles. The average Bonchev–Trinajstić information content (AvgIpc) is 2.39. The van der Waals surface area contributed by atoms with Gasteiger partial charge in [0.1, 0.15) is 0 Å². The number of piperidine rings is 1. The Morgan fingerprint density at radius 1 is 1.38 bits per heavy atom. The van der Waals surface area contributed by atoms with Gasteiger partial charge in [0, 0.05) is 26.2 Å². The van der Waals surface area contributed by atoms with E-state index in [1.807, 2.05) is 11.9 Å². The topological polar surface area (TPSA) is 41.6 Å². The average molecular weight is 226 g/mol. The molecule has 0 radical (unpaired) electrons. The summed E-state index contributed by atoms with van der Waals surface area (Å²) in [7, 11) is 1.94. The Bertz CT molecular complexity index is 233. The molecule has 92 valence electrons. The fourth-order valence-electron chi connectivity index (χ4n) is 2.57. The van der Waals surface area contributed by atoms with Crippen LogP contribution < -0.4 is 5.32 Å². The molecule has 0 spiro atoms. The first-order valence-electron chi connectivity index (χ1n) is 6.34. The van der Waals surface area contributed by atoms with E-state index >= 15 is 0 Å². The summed E-state index contributed by atoms with van der Waals surface area (Å²) in [4.78, 5) is 14.2. The fraction of sp³-hybridized carbons (Fsp3) is 0.917. The molecule has 2 unspecified atom stereocenters. The molecule has 2 heterocycles. The lowest BCUT2D eigenvalue weighted by Gasteiger charge is -2.34. The predicted molar refractivity (Wildman–Crippen MR) is 62.2 cm³/mol. The quantitative estimate of drug-likeness (QED) is 0.750. The number of hydrogen-bond donors (Lipinski definition) is 1. The highest BCUT2D eigenvalue weighted by Crippen LogP contribution is 2.18. The number of hydrogen-bond acceptors (Lipinski definition) is 3. The van der Waals surface area contributed by atoms with Gasteiger partial charge in [0.15, 0.2) is 0 Å². The van der Waals surface area contributed by atoms with Crippen molar-refractivity contribution in [1.82, 2.24) is 10.2 Å². The van der Waals surface area contributed by atoms with E-state index in [9.17, 15) is 4.79 Å². The van der Waals surface area contributed by atoms with Gasteiger partial charge in [-0.05, 0) is 32.2 Å². The summed E-state index contributed by atoms with van der Waals surface area (Å²) in [5.74, 6) is 0.370. The van der Waals surface area contributed by atoms with Crippen LogP contribution in [0.3, 0.4) is 0 Å². The number of nitrogens with zero attached hydrogens (tertiary/aromatic N) is 1. The molecule has 2 rings (SSSR count). The van der Waals surface area contributed by atoms with Crippen molar-refractivity contribution in [3.8, 4) is 0 Å². The molecule has 16 heavy (non-hydrogen) atoms. The van der Waals surface area contributed by atoms with Crippen LogP contribution in [-0.4, -0.2) is 50.2 Å². The molecule has 0 aromatic rings. The van der Waals surface area contributed by atoms with Crippen molar-refractivity contribution in [1.29, 1.82) is 0 Å². The van der Waals surface area contributed by atoms with E-state index in [1.165, 1.54) is 6.42 Å². The van der Waals surface area contributed by atoms with Crippen LogP contribution >= 0.6 is 0 Å². The SMILES string of the molecule is CN(C(=O)C1CCCOC1)C1CCCNC1. The molecule has 1 N–H and O–H groups in total. The Labute approximate surface area is 97.3 Å². The standard InChI is InChI=1S/C12H22N2O2/c1-14(11-5-2-6-13-8-11)12(15)10-4-3-7-16-9-10/h10-11,13H,2-9H2,1H3. The minimum absolute atomic E-state index is 0.0978. The second-order valence-electron chi connectivity index (χ2n) is 4.86. The third-order valence-corrected chi connectivity index (χ3v) is 3.68. The first-order chi connectivity index (χ1) is 7.79. The van der Waals surface area contributed by atoms with Crippen molar-refractivity contribution in [3.63, 3.8) is 0 Å². The van der Waals surface area contributed by atoms with Crippen LogP contribution in [0.4, 0.5) is 0 Å². The van der Waals surface area contributed by atoms with Crippen LogP contribution in [0.2, 0.25) is 0 Å². The van der Waals surface area contributed by atoms with Crippen molar-refractivity contribution in [2.45, 2.75) is 31.7 Å². The number of nitrogens with one attached hydrogen (secondary N) is 1. The number of carbonyl (C=O) groups is 1. The van der Waals surface area contributed by atoms with Gasteiger partial charge in [0.25, 0.3) is 0 Å². The lowest BCUT2D eigenvalue weighted by Crippen LogP contribution is -2.49. The van der Waals surface area contributed by atoms with Crippen LogP contribution in [0.15, 0.2) is 0 Å². The van der Waals surface area contributed by atoms with E-state index in [1.54, 1.807) is 0 Å². The zero-order valence-corrected chi connectivity index (χ0v) is 10.1. The normalized spacial score (nSPS) is 31.1. The molecule has 0 aliphatic carbocycles. The lowest BCUT2D eigenvalue weighted by molar-refractivity contribution is -0.140. The van der Waals surface area contributed by atoms with Crippen LogP contribution in [0.25, 0.3) is 0 Å². The highest BCUT2D eigenvalue weighted by atomic mass is 16.5. The smallest absolute Gasteiger partial charge is 0.228 e. The number of likely N-dealkylation sites (N-methyl/N-ethyl adjacent to an activating group) is 1. The Morgan fingerprint density at radius 3 is 2.88 bits per heavy atom. The largest absolute Gasteiger partial charge is 0.381 e. The zero-order chi connectivity index (χ0) is 11.4. The van der Waals surface area contributed by atoms with Gasteiger partial charge in [-0.3, -0.25) is 4.79 Å². The van der Waals surface area contributed by atoms with E-state index in [0.29, 0.717) is 12.6 Å². The first-order valence-corrected chi connectivity index (χ1v) is 6.34. The van der Waals surface area contributed by atoms with Crippen LogP contribution in [-0.2, 0) is 9.53 Å². The molecule has 0 saturated carbocycles. The molecular formula is C12H22N2O2. The third kappa shape index (κ3) is 2.74. The summed E-state index contributed by atoms with van der Waals surface area (Å²) >= 11 is 0. The number of carbonyl (C=O) groups excluding carboxylic acids is 1. The Balaban J connectivity index is 1.86. The van der Waals surface area contributed by atoms with Crippen molar-refractivity contribution in [3.05, 3.63) is 0 Å². The molecule has 2 aliphatic heterocycles. The van der Waals surface area contributed by atoms with E-state index in [0.717, 1.165) is 39.0 Å². The Kier molecular flexibility index (Phi) is 4.18. The molecule has 4 nitrogen and oxygen atoms in total. The summed E-state index contributed by atoms with van der Waals surface area (Å²) in [5.41, 5.74) is 0. The summed E-state index contributed by atoms with van der Waals surface area (Å²) in [5, 5.41) is 3.35. The van der Waals surface area contributed by atoms with Crippen LogP contribution in [0, 0.1) is 5.92 Å². The molecule has 2 fully saturated rings. The first kappa shape index (κ1) is 11.9. The van der Waals surface area contributed by atoms with Gasteiger partial charge in [-0.25, -0.2) is 0 Å². The van der Waals surface area contributed by atoms with Gasteiger partial charge < -0.3 is 15.0 Å². The van der Waals surface area contributed by atoms with Gasteiger partial charge >= 0.3 is 0 Å². The van der Waals surface area contributed by atoms with Crippen LogP contribution in [0.5, 0.6) is 0 Å². The molecule has 4 heteroatoms. The second kappa shape index (κ2) is 5.64. The van der Waals surface area contributed by atoms with E-state index in [-0.39, 0.29) is 11.8 Å². The van der Waals surface area contributed by atoms with Gasteiger partial charge in [-0.2, -0.15) is 0 Å². The van der Waals surface area contributed by atoms with Gasteiger partial charge in [0.2, 0.25) is 5.91 Å². The van der Waals surface area contributed by atoms with Crippen molar-refractivity contribution in [2.75, 3.05) is 33.4 Å². The highest BCUT2D eigenvalue weighted by molar-refractivity contribution is 5.79. The van der Waals surface area contributed by atoms with Gasteiger partial charge in [-0.15, -0.1) is 0 Å². The Morgan fingerprint density at radius 2 is 2.25 bits per heavy atom. The summed E-state index contributed by atoms with van der Waals surface area (Å²) in [6.07, 6.45) is 4.31. The summed E-state index contributed by atoms with van der Waals surface area (Å²) < 4.78 is 5.38. The predicted octanol–water partition coefficient (Wildman–Crippen LogP) is 0.623. The van der Waals surface area contributed by atoms with Gasteiger partial charge in [0.05, 0.1) is 12.5 Å². The van der Waals surface area contributed by atoms with E-state index in [4.69, 9.17) is 4.74 Å². The number of amides is 1. The highest BCUT2D eigenvalue weighted by Gasteiger charge is 2.29. The van der Waals surface area contributed by atoms with Gasteiger partial charge in [-0.1, -0.05) is 0 Å². The van der Waals surface area contributed by atoms with Crippen molar-refractivity contribution < 1.29 is 9.53 Å². The molecular weight excluding hydrogens is 204 g/mol. The van der Waals surface area contributed by atoms with E-state index < -0.39 is 0 Å². The third-order valence-electron chi connectivity index (χ3n) is 3.68. The minimum atomic E-state index is 0.0978. The maximum atomic E-state index is 12.2. The summed E-state index contributed by atoms with van der Waals surface area (Å²) in [6.45, 7) is 3.46. The Hall–Kier alpha value is -0.610. The number of ether oxygens (including phenoxy) is 1. The van der Waals surface area contributed by atoms with Crippen molar-refractivity contribution >= 4 is 5.91 Å². The molecule has 1 amide bonds. The van der Waals surface area contributed by atoms with E-state index in [2.05, 4.69) is 5.32 Å². The summed E-state index contributed by atoms with van der Waals surface area (Å²) in [6, 6.07) is 0.378. The lowest BCUT2D eigenvalue weighted by atomic mass is 9.98. The minimum Gasteiger partial charge on any atom is -0.381 e. The maximum absolute atomic E-state index is 12.2. The molecule has 0 bridgehead atoms. The molecule has 0 aromatic heterocycles. The van der Waals surface area contributed by atoms with Crippen LogP contribution in [0.1, 0.15) is 25.7 Å². The zero-order valence-electron chi connectivity index (χ0n) is 10.1. The fourth-order valence-corrected chi connectivity index (χ4v) is 2.57. The molecule has 2 atom stereocenters. The molecule has 2 aliphatic rings. The number of rotatable bonds is 2. The maximum Gasteiger partial charge on any atom is 0.228 e. The van der Waals surface area contributed by atoms with Crippen molar-refractivity contribution in [2.24, 2.45) is 5.92 Å². The molecule has 2 saturated heterocycles. The second-order valence-corrected chi connectivity index (χ2v) is 4.86.